The Morgan fingerprint density at radius 1 is 1.46 bits per heavy atom. The third kappa shape index (κ3) is 3.95. The minimum Gasteiger partial charge on any atom is -0.462 e. The van der Waals surface area contributed by atoms with Crippen LogP contribution >= 0.6 is 0 Å². The zero-order valence-corrected chi connectivity index (χ0v) is 8.34. The second-order valence-electron chi connectivity index (χ2n) is 3.05. The highest BCUT2D eigenvalue weighted by Gasteiger charge is 1.90. The molecule has 1 aromatic rings. The summed E-state index contributed by atoms with van der Waals surface area (Å²) in [6.45, 7) is 6.09. The van der Waals surface area contributed by atoms with Crippen LogP contribution in [0, 0.1) is 6.92 Å². The molecule has 1 rings (SSSR count). The summed E-state index contributed by atoms with van der Waals surface area (Å²) in [5, 5.41) is 3.28. The molecule has 0 radical (unpaired) electrons. The van der Waals surface area contributed by atoms with Crippen LogP contribution in [0.3, 0.4) is 0 Å². The van der Waals surface area contributed by atoms with Crippen LogP contribution in [0.5, 0.6) is 0 Å². The van der Waals surface area contributed by atoms with Crippen molar-refractivity contribution < 1.29 is 4.42 Å². The fraction of sp³-hybridized carbons (Fsp3) is 0.455. The smallest absolute Gasteiger partial charge is 0.126 e. The van der Waals surface area contributed by atoms with Crippen molar-refractivity contribution in [2.45, 2.75) is 20.3 Å². The van der Waals surface area contributed by atoms with Gasteiger partial charge in [-0.2, -0.15) is 0 Å². The number of hydrogen-bond acceptors (Lipinski definition) is 2. The van der Waals surface area contributed by atoms with Crippen molar-refractivity contribution in [1.82, 2.24) is 5.32 Å². The minimum atomic E-state index is 0.910. The molecule has 1 N–H and O–H groups in total. The lowest BCUT2D eigenvalue weighted by atomic mass is 10.4. The van der Waals surface area contributed by atoms with Crippen molar-refractivity contribution in [2.24, 2.45) is 0 Å². The van der Waals surface area contributed by atoms with Crippen molar-refractivity contribution in [3.63, 3.8) is 0 Å². The maximum absolute atomic E-state index is 5.38. The Morgan fingerprint density at radius 2 is 2.31 bits per heavy atom. The molecule has 1 heterocycles. The van der Waals surface area contributed by atoms with Crippen LogP contribution in [0.4, 0.5) is 0 Å². The van der Waals surface area contributed by atoms with Gasteiger partial charge in [-0.1, -0.05) is 13.0 Å². The van der Waals surface area contributed by atoms with E-state index in [1.807, 2.05) is 25.1 Å². The Hall–Kier alpha value is -1.02. The van der Waals surface area contributed by atoms with Crippen molar-refractivity contribution >= 4 is 6.08 Å². The summed E-state index contributed by atoms with van der Waals surface area (Å²) in [5.41, 5.74) is 0. The average Bonchev–Trinajstić information content (AvgIpc) is 2.51. The highest BCUT2D eigenvalue weighted by molar-refractivity contribution is 5.42. The highest BCUT2D eigenvalue weighted by atomic mass is 16.3. The molecule has 0 atom stereocenters. The van der Waals surface area contributed by atoms with Gasteiger partial charge in [-0.25, -0.2) is 0 Å². The van der Waals surface area contributed by atoms with Crippen molar-refractivity contribution in [2.75, 3.05) is 13.1 Å². The monoisotopic (exact) mass is 179 g/mol. The fourth-order valence-electron chi connectivity index (χ4n) is 1.08. The molecule has 0 saturated carbocycles. The third-order valence-corrected chi connectivity index (χ3v) is 1.73. The van der Waals surface area contributed by atoms with E-state index in [1.54, 1.807) is 0 Å². The van der Waals surface area contributed by atoms with Crippen molar-refractivity contribution in [1.29, 1.82) is 0 Å². The largest absolute Gasteiger partial charge is 0.462 e. The van der Waals surface area contributed by atoms with E-state index < -0.39 is 0 Å². The molecule has 0 spiro atoms. The van der Waals surface area contributed by atoms with E-state index in [1.165, 1.54) is 6.42 Å². The molecule has 0 saturated heterocycles. The summed E-state index contributed by atoms with van der Waals surface area (Å²) in [6, 6.07) is 3.95. The van der Waals surface area contributed by atoms with Crippen LogP contribution < -0.4 is 5.32 Å². The normalized spacial score (nSPS) is 11.2. The molecule has 0 fully saturated rings. The lowest BCUT2D eigenvalue weighted by Crippen LogP contribution is -2.13. The topological polar surface area (TPSA) is 25.2 Å². The predicted molar refractivity (Wildman–Crippen MR) is 55.6 cm³/mol. The van der Waals surface area contributed by atoms with Gasteiger partial charge in [-0.05, 0) is 38.1 Å². The summed E-state index contributed by atoms with van der Waals surface area (Å²) in [7, 11) is 0. The van der Waals surface area contributed by atoms with Gasteiger partial charge >= 0.3 is 0 Å². The predicted octanol–water partition coefficient (Wildman–Crippen LogP) is 2.60. The van der Waals surface area contributed by atoms with E-state index in [-0.39, 0.29) is 0 Å². The number of aryl methyl sites for hydroxylation is 1. The molecule has 1 aromatic heterocycles. The van der Waals surface area contributed by atoms with Crippen molar-refractivity contribution in [3.05, 3.63) is 29.7 Å². The average molecular weight is 179 g/mol. The summed E-state index contributed by atoms with van der Waals surface area (Å²) in [5.74, 6) is 1.89. The first-order valence-electron chi connectivity index (χ1n) is 4.76. The van der Waals surface area contributed by atoms with Crippen LogP contribution in [0.1, 0.15) is 24.9 Å². The lowest BCUT2D eigenvalue weighted by Gasteiger charge is -1.95. The van der Waals surface area contributed by atoms with Crippen LogP contribution in [0.15, 0.2) is 22.6 Å². The van der Waals surface area contributed by atoms with Gasteiger partial charge in [-0.3, -0.25) is 0 Å². The fourth-order valence-corrected chi connectivity index (χ4v) is 1.08. The van der Waals surface area contributed by atoms with Gasteiger partial charge in [0.1, 0.15) is 11.5 Å². The van der Waals surface area contributed by atoms with Gasteiger partial charge in [-0.15, -0.1) is 0 Å². The highest BCUT2D eigenvalue weighted by Crippen LogP contribution is 2.07. The minimum absolute atomic E-state index is 0.910. The number of rotatable bonds is 5. The quantitative estimate of drug-likeness (QED) is 0.703. The Morgan fingerprint density at radius 3 is 2.92 bits per heavy atom. The lowest BCUT2D eigenvalue weighted by molar-refractivity contribution is 0.525. The van der Waals surface area contributed by atoms with Crippen LogP contribution in [0.25, 0.3) is 6.08 Å². The van der Waals surface area contributed by atoms with Crippen LogP contribution in [-0.2, 0) is 0 Å². The first-order valence-corrected chi connectivity index (χ1v) is 4.76. The molecule has 72 valence electrons. The summed E-state index contributed by atoms with van der Waals surface area (Å²) in [4.78, 5) is 0. The zero-order chi connectivity index (χ0) is 9.52. The molecule has 2 heteroatoms. The second kappa shape index (κ2) is 5.60. The van der Waals surface area contributed by atoms with E-state index in [9.17, 15) is 0 Å². The maximum Gasteiger partial charge on any atom is 0.126 e. The Kier molecular flexibility index (Phi) is 4.33. The van der Waals surface area contributed by atoms with E-state index in [0.717, 1.165) is 24.6 Å². The first-order chi connectivity index (χ1) is 6.33. The first kappa shape index (κ1) is 10.1. The number of nitrogens with one attached hydrogen (secondary N) is 1. The molecule has 0 aliphatic carbocycles. The molecular weight excluding hydrogens is 162 g/mol. The van der Waals surface area contributed by atoms with Gasteiger partial charge in [0.05, 0.1) is 0 Å². The molecule has 0 aromatic carbocycles. The maximum atomic E-state index is 5.38. The summed E-state index contributed by atoms with van der Waals surface area (Å²) in [6.07, 6.45) is 5.25. The molecule has 0 unspecified atom stereocenters. The third-order valence-electron chi connectivity index (χ3n) is 1.73. The van der Waals surface area contributed by atoms with Gasteiger partial charge in [0.2, 0.25) is 0 Å². The Bertz CT molecular complexity index is 263. The molecular formula is C11H17NO. The van der Waals surface area contributed by atoms with E-state index >= 15 is 0 Å². The Balaban J connectivity index is 2.24. The number of hydrogen-bond donors (Lipinski definition) is 1. The standard InChI is InChI=1S/C11H17NO/c1-3-8-12-9-4-5-11-7-6-10(2)13-11/h4-7,12H,3,8-9H2,1-2H3. The van der Waals surface area contributed by atoms with E-state index in [4.69, 9.17) is 4.42 Å². The molecule has 0 aliphatic heterocycles. The number of furan rings is 1. The molecule has 2 nitrogen and oxygen atoms in total. The van der Waals surface area contributed by atoms with Crippen LogP contribution in [0.2, 0.25) is 0 Å². The SMILES string of the molecule is CCCNCC=Cc1ccc(C)o1. The molecule has 13 heavy (non-hydrogen) atoms. The Labute approximate surface area is 79.6 Å². The van der Waals surface area contributed by atoms with Crippen molar-refractivity contribution in [3.8, 4) is 0 Å². The second-order valence-corrected chi connectivity index (χ2v) is 3.05. The summed E-state index contributed by atoms with van der Waals surface area (Å²) < 4.78 is 5.38. The van der Waals surface area contributed by atoms with E-state index in [2.05, 4.69) is 18.3 Å². The van der Waals surface area contributed by atoms with E-state index in [0.29, 0.717) is 0 Å². The van der Waals surface area contributed by atoms with Gasteiger partial charge in [0.15, 0.2) is 0 Å². The van der Waals surface area contributed by atoms with Crippen LogP contribution in [-0.4, -0.2) is 13.1 Å². The summed E-state index contributed by atoms with van der Waals surface area (Å²) >= 11 is 0. The zero-order valence-electron chi connectivity index (χ0n) is 8.34. The molecule has 0 bridgehead atoms. The molecule has 0 aliphatic rings. The van der Waals surface area contributed by atoms with Gasteiger partial charge in [0, 0.05) is 6.54 Å². The van der Waals surface area contributed by atoms with Gasteiger partial charge < -0.3 is 9.73 Å². The van der Waals surface area contributed by atoms with Gasteiger partial charge in [0.25, 0.3) is 0 Å². The molecule has 0 amide bonds.